The predicted molar refractivity (Wildman–Crippen MR) is 428 cm³/mol. The molecule has 0 aromatic rings. The normalized spacial score (nSPS) is 14.5. The summed E-state index contributed by atoms with van der Waals surface area (Å²) in [4.78, 5) is 73.2. The highest BCUT2D eigenvalue weighted by atomic mass is 31.2. The Balaban J connectivity index is 5.23. The Bertz CT molecular complexity index is 2030. The smallest absolute Gasteiger partial charge is 0.462 e. The molecule has 0 aromatic heterocycles. The number of ether oxygens (including phenoxy) is 4. The van der Waals surface area contributed by atoms with Crippen LogP contribution in [0.4, 0.5) is 0 Å². The number of aliphatic hydroxyl groups is 1. The van der Waals surface area contributed by atoms with Crippen molar-refractivity contribution in [3.8, 4) is 0 Å². The van der Waals surface area contributed by atoms with Gasteiger partial charge in [0.2, 0.25) is 0 Å². The molecule has 19 heteroatoms. The molecule has 0 fully saturated rings. The Labute approximate surface area is 638 Å². The van der Waals surface area contributed by atoms with Gasteiger partial charge in [0.05, 0.1) is 26.4 Å². The first-order valence-electron chi connectivity index (χ1n) is 43.8. The lowest BCUT2D eigenvalue weighted by Gasteiger charge is -2.21. The molecule has 17 nitrogen and oxygen atoms in total. The first kappa shape index (κ1) is 102. The van der Waals surface area contributed by atoms with Crippen LogP contribution in [0, 0.1) is 23.7 Å². The monoisotopic (exact) mass is 1520 g/mol. The number of phosphoric ester groups is 2. The van der Waals surface area contributed by atoms with Crippen LogP contribution in [0.25, 0.3) is 0 Å². The van der Waals surface area contributed by atoms with Crippen LogP contribution in [0.3, 0.4) is 0 Å². The summed E-state index contributed by atoms with van der Waals surface area (Å²) in [5.74, 6) is 1.07. The maximum absolute atomic E-state index is 13.1. The number of carbonyl (C=O) groups excluding carboxylic acids is 4. The van der Waals surface area contributed by atoms with E-state index in [9.17, 15) is 43.2 Å². The van der Waals surface area contributed by atoms with Crippen molar-refractivity contribution in [3.05, 3.63) is 0 Å². The van der Waals surface area contributed by atoms with Gasteiger partial charge in [0.25, 0.3) is 0 Å². The minimum atomic E-state index is -4.97. The van der Waals surface area contributed by atoms with E-state index >= 15 is 0 Å². The van der Waals surface area contributed by atoms with Gasteiger partial charge >= 0.3 is 39.5 Å². The fourth-order valence-electron chi connectivity index (χ4n) is 13.1. The number of esters is 4. The summed E-state index contributed by atoms with van der Waals surface area (Å²) in [5, 5.41) is 10.7. The van der Waals surface area contributed by atoms with Crippen molar-refractivity contribution >= 4 is 39.5 Å². The molecule has 0 aliphatic rings. The molecule has 0 saturated carbocycles. The highest BCUT2D eigenvalue weighted by Crippen LogP contribution is 2.45. The number of rotatable bonds is 82. The fourth-order valence-corrected chi connectivity index (χ4v) is 14.7. The van der Waals surface area contributed by atoms with E-state index in [2.05, 4.69) is 55.4 Å². The van der Waals surface area contributed by atoms with Crippen molar-refractivity contribution in [3.63, 3.8) is 0 Å². The molecule has 0 aliphatic carbocycles. The van der Waals surface area contributed by atoms with Gasteiger partial charge in [-0.05, 0) is 49.4 Å². The SMILES string of the molecule is CCC(C)CCCCCCCCCCCCCCCCC(=O)O[C@H](COC(=O)CCCCCCCCCCCCCCCCCCCCC(C)C)COP(=O)(O)OC[C@@H](O)COP(=O)(O)OC[C@@H](COC(=O)CCCCCCCCC(C)CC)OC(=O)CCCCCCCCCCCCCCC(C)C. The summed E-state index contributed by atoms with van der Waals surface area (Å²) in [6.07, 6.45) is 62.5. The van der Waals surface area contributed by atoms with Crippen molar-refractivity contribution in [2.45, 2.75) is 459 Å². The van der Waals surface area contributed by atoms with Gasteiger partial charge in [-0.25, -0.2) is 9.13 Å². The lowest BCUT2D eigenvalue weighted by molar-refractivity contribution is -0.161. The van der Waals surface area contributed by atoms with Gasteiger partial charge in [0.1, 0.15) is 19.3 Å². The summed E-state index contributed by atoms with van der Waals surface area (Å²) in [6, 6.07) is 0. The average molecular weight is 1520 g/mol. The molecule has 0 amide bonds. The van der Waals surface area contributed by atoms with E-state index in [1.165, 1.54) is 238 Å². The van der Waals surface area contributed by atoms with Crippen LogP contribution in [0.1, 0.15) is 441 Å². The topological polar surface area (TPSA) is 237 Å². The maximum atomic E-state index is 13.1. The number of unbranched alkanes of at least 4 members (excludes halogenated alkanes) is 46. The fraction of sp³-hybridized carbons (Fsp3) is 0.953. The minimum absolute atomic E-state index is 0.106. The maximum Gasteiger partial charge on any atom is 0.472 e. The van der Waals surface area contributed by atoms with Crippen LogP contribution >= 0.6 is 15.6 Å². The molecular weight excluding hydrogens is 1350 g/mol. The molecule has 0 heterocycles. The molecule has 0 rings (SSSR count). The Morgan fingerprint density at radius 1 is 0.269 bits per heavy atom. The zero-order valence-electron chi connectivity index (χ0n) is 68.7. The molecule has 0 aliphatic heterocycles. The first-order valence-corrected chi connectivity index (χ1v) is 46.8. The van der Waals surface area contributed by atoms with E-state index in [4.69, 9.17) is 37.0 Å². The van der Waals surface area contributed by atoms with Gasteiger partial charge in [0, 0.05) is 25.7 Å². The van der Waals surface area contributed by atoms with Crippen LogP contribution in [0.2, 0.25) is 0 Å². The molecular formula is C85H166O17P2. The Hall–Kier alpha value is -1.94. The van der Waals surface area contributed by atoms with Crippen LogP contribution in [-0.2, 0) is 65.4 Å². The van der Waals surface area contributed by atoms with Crippen molar-refractivity contribution in [1.82, 2.24) is 0 Å². The van der Waals surface area contributed by atoms with Crippen molar-refractivity contribution in [2.24, 2.45) is 23.7 Å². The third-order valence-electron chi connectivity index (χ3n) is 20.5. The van der Waals surface area contributed by atoms with E-state index in [0.717, 1.165) is 120 Å². The molecule has 0 aromatic carbocycles. The van der Waals surface area contributed by atoms with E-state index in [1.807, 2.05) is 0 Å². The van der Waals surface area contributed by atoms with Crippen molar-refractivity contribution in [2.75, 3.05) is 39.6 Å². The second kappa shape index (κ2) is 73.8. The van der Waals surface area contributed by atoms with E-state index in [0.29, 0.717) is 25.7 Å². The van der Waals surface area contributed by atoms with Gasteiger partial charge in [-0.15, -0.1) is 0 Å². The number of hydrogen-bond donors (Lipinski definition) is 3. The van der Waals surface area contributed by atoms with Crippen molar-refractivity contribution in [1.29, 1.82) is 0 Å². The Kier molecular flexibility index (Phi) is 72.5. The van der Waals surface area contributed by atoms with Gasteiger partial charge in [0.15, 0.2) is 12.2 Å². The Morgan fingerprint density at radius 3 is 0.683 bits per heavy atom. The lowest BCUT2D eigenvalue weighted by atomic mass is 9.99. The average Bonchev–Trinajstić information content (AvgIpc) is 0.902. The second-order valence-electron chi connectivity index (χ2n) is 32.0. The number of aliphatic hydroxyl groups excluding tert-OH is 1. The van der Waals surface area contributed by atoms with Gasteiger partial charge in [-0.1, -0.05) is 389 Å². The van der Waals surface area contributed by atoms with Gasteiger partial charge in [-0.3, -0.25) is 37.3 Å². The lowest BCUT2D eigenvalue weighted by Crippen LogP contribution is -2.30. The van der Waals surface area contributed by atoms with Crippen LogP contribution < -0.4 is 0 Å². The zero-order valence-corrected chi connectivity index (χ0v) is 70.5. The van der Waals surface area contributed by atoms with Crippen LogP contribution in [0.15, 0.2) is 0 Å². The quantitative estimate of drug-likeness (QED) is 0.0222. The van der Waals surface area contributed by atoms with Crippen molar-refractivity contribution < 1.29 is 80.2 Å². The highest BCUT2D eigenvalue weighted by molar-refractivity contribution is 7.47. The molecule has 3 N–H and O–H groups in total. The van der Waals surface area contributed by atoms with E-state index in [-0.39, 0.29) is 25.7 Å². The molecule has 0 bridgehead atoms. The van der Waals surface area contributed by atoms with Crippen LogP contribution in [0.5, 0.6) is 0 Å². The van der Waals surface area contributed by atoms with E-state index < -0.39 is 97.5 Å². The molecule has 0 spiro atoms. The summed E-state index contributed by atoms with van der Waals surface area (Å²) in [5.41, 5.74) is 0. The predicted octanol–water partition coefficient (Wildman–Crippen LogP) is 25.6. The Morgan fingerprint density at radius 2 is 0.462 bits per heavy atom. The highest BCUT2D eigenvalue weighted by Gasteiger charge is 2.30. The zero-order chi connectivity index (χ0) is 76.7. The van der Waals surface area contributed by atoms with Gasteiger partial charge in [-0.2, -0.15) is 0 Å². The number of hydrogen-bond acceptors (Lipinski definition) is 15. The summed E-state index contributed by atoms with van der Waals surface area (Å²) in [7, 11) is -9.93. The third-order valence-corrected chi connectivity index (χ3v) is 22.4. The summed E-state index contributed by atoms with van der Waals surface area (Å²) in [6.45, 7) is 14.3. The number of carbonyl (C=O) groups is 4. The third kappa shape index (κ3) is 75.5. The molecule has 0 radical (unpaired) electrons. The molecule has 7 atom stereocenters. The second-order valence-corrected chi connectivity index (χ2v) is 34.9. The molecule has 618 valence electrons. The van der Waals surface area contributed by atoms with Crippen LogP contribution in [-0.4, -0.2) is 96.7 Å². The minimum Gasteiger partial charge on any atom is -0.462 e. The largest absolute Gasteiger partial charge is 0.472 e. The summed E-state index contributed by atoms with van der Waals surface area (Å²) < 4.78 is 68.8. The number of phosphoric acid groups is 2. The molecule has 4 unspecified atom stereocenters. The van der Waals surface area contributed by atoms with E-state index in [1.54, 1.807) is 0 Å². The first-order chi connectivity index (χ1) is 50.2. The molecule has 104 heavy (non-hydrogen) atoms. The van der Waals surface area contributed by atoms with Gasteiger partial charge < -0.3 is 33.8 Å². The standard InChI is InChI=1S/C85H166O17P2/c1-9-77(7)63-55-47-39-33-27-20-17-18-22-29-35-41-51-59-67-84(89)101-80(71-95-82(87)65-57-49-40-34-28-21-16-14-12-11-13-15-19-25-31-37-45-53-61-75(3)4)73-99-103(91,92)97-69-79(86)70-98-104(93,94)100-74-81(72-96-83(88)66-58-50-44-43-48-56-64-78(8)10-2)102-85(90)68-60-52-42-36-30-24-23-26-32-38-46-54-62-76(5)6/h75-81,86H,9-74H2,1-8H3,(H,91,92)(H,93,94)/t77?,78?,79-,80-,81-/m1/s1. The molecule has 0 saturated heterocycles. The summed E-state index contributed by atoms with van der Waals surface area (Å²) >= 11 is 0.